The minimum absolute atomic E-state index is 0. The van der Waals surface area contributed by atoms with Gasteiger partial charge >= 0.3 is 61.3 Å². The molecule has 0 saturated carbocycles. The molecule has 5 amide bonds. The molecule has 26 atom stereocenters. The fourth-order valence-corrected chi connectivity index (χ4v) is 17.3. The van der Waals surface area contributed by atoms with E-state index in [0.29, 0.717) is 12.6 Å². The van der Waals surface area contributed by atoms with E-state index >= 15 is 0 Å². The maximum absolute atomic E-state index is 14.6. The summed E-state index contributed by atoms with van der Waals surface area (Å²) in [5.74, 6) is -8.64. The van der Waals surface area contributed by atoms with Gasteiger partial charge in [0.25, 0.3) is 0 Å². The van der Waals surface area contributed by atoms with Crippen LogP contribution in [0.15, 0.2) is 0 Å². The number of hydrogen-bond acceptors (Lipinski definition) is 28. The maximum atomic E-state index is 14.6. The predicted octanol–water partition coefficient (Wildman–Crippen LogP) is 8.74. The number of Topliss-reactive ketones (excluding diaryl/α,β-unsaturated/α-hetero) is 2. The molecule has 0 aromatic heterocycles. The van der Waals surface area contributed by atoms with E-state index < -0.39 is 195 Å². The van der Waals surface area contributed by atoms with Crippen molar-refractivity contribution in [2.75, 3.05) is 54.5 Å². The topological polar surface area (TPSA) is 386 Å². The van der Waals surface area contributed by atoms with Crippen LogP contribution in [-0.2, 0) is 90.3 Å². The Morgan fingerprint density at radius 2 is 0.890 bits per heavy atom. The average Bonchev–Trinajstić information content (AvgIpc) is 1.58. The molecule has 0 aliphatic carbocycles. The van der Waals surface area contributed by atoms with Gasteiger partial charge in [-0.05, 0) is 231 Å². The van der Waals surface area contributed by atoms with Crippen molar-refractivity contribution in [3.05, 3.63) is 0 Å². The van der Waals surface area contributed by atoms with Crippen molar-refractivity contribution in [3.63, 3.8) is 0 Å². The van der Waals surface area contributed by atoms with E-state index in [-0.39, 0.29) is 112 Å². The normalized spacial score (nSPS) is 36.2. The standard InChI is InChI=1S/C43H73N3O13.C42H75N3O12.Li.H2O/c1-18-31-43(15)33(46(39(52)59-43)38(51)58-41(11,12)13)29(7)45(37(50)57-40(8,9)10)23-24(2)22-42(14,53-20-19-47)34(27(5)32(48)28(6)35(49)55-31)56-36-26(4)30(44(16)17)21-25(3)54-36;1-18-31-42(15,51)33(43-37(49)56-39(8,9)10)29(7)45(38(50)57-40(11,12)13)23-24(2)22-41(14,52-20-19-46)34(27(5)32(47)28(6)35(48)54-31)55-36-26(4)30(44(16)17)21-25(3)53-36;;/h19,24-31,33-34,36H,18,20-23H2,1-17H3;19,24-31,33-34,36,51H,18,20-23H2,1-17H3,(H,43,49);;1H2/q;;+1;/p-1/t24-,25?,26?,27+,28-,29-,30?,31-,33-,34-,36?,42-,43-;24-,25?,26?,27+,28-,29-,30?,31-,33-,34-,36?,41-,42-;;/m11../s1. The number of alkyl carbamates (subject to hydrolysis) is 1. The van der Waals surface area contributed by atoms with Gasteiger partial charge in [0.15, 0.2) is 29.7 Å². The first kappa shape index (κ1) is 108. The first-order valence-corrected chi connectivity index (χ1v) is 41.5. The number of esters is 2. The molecule has 32 nitrogen and oxygen atoms in total. The van der Waals surface area contributed by atoms with Gasteiger partial charge in [0, 0.05) is 48.8 Å². The van der Waals surface area contributed by atoms with E-state index in [2.05, 4.69) is 15.1 Å². The SMILES string of the molecule is CC[C@H]1OC(=O)[C@H](C)C(=O)[C@H](C)[C@@H](OC2OC(C)CC(N(C)C)C2C)[C@](C)(OCC=O)C[C@@H](C)CN(C(=O)OC(C)(C)C)[C@H](C)[C@@H](NC(=O)OC(C)(C)C)[C@]1(C)O.CC[C@H]1OC(=O)[C@H](C)C(=O)[C@H](C)[C@@H](OC2OC(C)CC(N(C)C)C2C)[C@](C)(OCC=O)C[C@@H](C)CN(C(=O)OC(C)(C)C)[C@H](C)[C@H]2N(C(=O)OC(C)(C)C)C(=O)O[C@]12C.[Li+].[OH-]. The molecule has 118 heavy (non-hydrogen) atoms. The first-order chi connectivity index (χ1) is 53.0. The molecule has 0 radical (unpaired) electrons. The summed E-state index contributed by atoms with van der Waals surface area (Å²) in [5, 5.41) is 15.2. The van der Waals surface area contributed by atoms with Crippen molar-refractivity contribution in [3.8, 4) is 0 Å². The number of rotatable bonds is 15. The number of carbonyl (C=O) groups excluding carboxylic acids is 11. The summed E-state index contributed by atoms with van der Waals surface area (Å²) >= 11 is 0. The average molecular weight is 1680 g/mol. The van der Waals surface area contributed by atoms with Gasteiger partial charge in [0.05, 0.1) is 53.7 Å². The van der Waals surface area contributed by atoms with Gasteiger partial charge in [0.1, 0.15) is 83.9 Å². The Labute approximate surface area is 715 Å². The molecular formula is C85H149LiN6O26. The number of cyclic esters (lactones) is 2. The molecule has 5 aliphatic rings. The molecule has 33 heteroatoms. The van der Waals surface area contributed by atoms with E-state index in [9.17, 15) is 57.8 Å². The molecule has 5 aliphatic heterocycles. The van der Waals surface area contributed by atoms with Crippen molar-refractivity contribution < 1.29 is 144 Å². The predicted molar refractivity (Wildman–Crippen MR) is 434 cm³/mol. The number of hydrogen-bond donors (Lipinski definition) is 2. The number of nitrogens with zero attached hydrogens (tertiary/aromatic N) is 5. The summed E-state index contributed by atoms with van der Waals surface area (Å²) in [6.45, 7) is 50.9. The first-order valence-electron chi connectivity index (χ1n) is 41.5. The van der Waals surface area contributed by atoms with Crippen molar-refractivity contribution in [1.82, 2.24) is 29.8 Å². The van der Waals surface area contributed by atoms with Gasteiger partial charge in [0.2, 0.25) is 0 Å². The molecule has 676 valence electrons. The third kappa shape index (κ3) is 28.5. The van der Waals surface area contributed by atoms with Crippen LogP contribution in [0, 0.1) is 47.3 Å². The molecule has 0 aromatic rings. The number of nitrogens with one attached hydrogen (secondary N) is 1. The Balaban J connectivity index is 0.000000787. The van der Waals surface area contributed by atoms with Crippen LogP contribution in [0.5, 0.6) is 0 Å². The number of carbonyl (C=O) groups is 11. The number of aliphatic hydroxyl groups is 1. The molecule has 5 fully saturated rings. The van der Waals surface area contributed by atoms with Crippen LogP contribution in [0.25, 0.3) is 0 Å². The van der Waals surface area contributed by atoms with Crippen molar-refractivity contribution in [2.45, 2.75) is 377 Å². The van der Waals surface area contributed by atoms with Crippen LogP contribution in [0.2, 0.25) is 0 Å². The summed E-state index contributed by atoms with van der Waals surface area (Å²) < 4.78 is 80.5. The second kappa shape index (κ2) is 43.6. The molecule has 5 rings (SSSR count). The third-order valence-corrected chi connectivity index (χ3v) is 22.9. The number of ketones is 2. The van der Waals surface area contributed by atoms with Crippen LogP contribution in [0.3, 0.4) is 0 Å². The van der Waals surface area contributed by atoms with E-state index in [1.54, 1.807) is 145 Å². The van der Waals surface area contributed by atoms with Crippen LogP contribution in [-0.4, -0.2) is 286 Å². The summed E-state index contributed by atoms with van der Waals surface area (Å²) in [6, 6.07) is -4.41. The quantitative estimate of drug-likeness (QED) is 0.0508. The van der Waals surface area contributed by atoms with Gasteiger partial charge in [-0.2, -0.15) is 0 Å². The molecular weight excluding hydrogens is 1530 g/mol. The Hall–Kier alpha value is -5.63. The van der Waals surface area contributed by atoms with Gasteiger partial charge in [-0.25, -0.2) is 28.9 Å². The number of fused-ring (bicyclic) bond motifs is 1. The Kier molecular flexibility index (Phi) is 40.1. The van der Waals surface area contributed by atoms with Gasteiger partial charge in [-0.15, -0.1) is 0 Å². The fraction of sp³-hybridized carbons (Fsp3) is 0.871. The Morgan fingerprint density at radius 1 is 0.542 bits per heavy atom. The van der Waals surface area contributed by atoms with Crippen molar-refractivity contribution in [2.24, 2.45) is 47.3 Å². The van der Waals surface area contributed by atoms with E-state index in [0.717, 1.165) is 17.7 Å². The minimum atomic E-state index is -2.01. The number of ether oxygens (including phenoxy) is 13. The van der Waals surface area contributed by atoms with Crippen molar-refractivity contribution in [1.29, 1.82) is 0 Å². The molecule has 3 N–H and O–H groups in total. The van der Waals surface area contributed by atoms with Crippen molar-refractivity contribution >= 4 is 66.5 Å². The van der Waals surface area contributed by atoms with Gasteiger partial charge in [-0.3, -0.25) is 19.2 Å². The number of amides is 5. The largest absolute Gasteiger partial charge is 1.00 e. The number of imide groups is 1. The van der Waals surface area contributed by atoms with Crippen LogP contribution >= 0.6 is 0 Å². The minimum Gasteiger partial charge on any atom is -0.870 e. The van der Waals surface area contributed by atoms with Gasteiger partial charge in [-0.1, -0.05) is 55.4 Å². The Morgan fingerprint density at radius 3 is 1.23 bits per heavy atom. The molecule has 5 heterocycles. The monoisotopic (exact) mass is 1680 g/mol. The Bertz CT molecular complexity index is 3340. The van der Waals surface area contributed by atoms with Crippen LogP contribution in [0.1, 0.15) is 246 Å². The maximum Gasteiger partial charge on any atom is 1.00 e. The summed E-state index contributed by atoms with van der Waals surface area (Å²) in [5.41, 5.74) is -10.3. The van der Waals surface area contributed by atoms with Crippen LogP contribution < -0.4 is 24.2 Å². The van der Waals surface area contributed by atoms with E-state index in [4.69, 9.17) is 61.6 Å². The zero-order valence-corrected chi connectivity index (χ0v) is 77.9. The summed E-state index contributed by atoms with van der Waals surface area (Å²) in [7, 11) is 7.96. The molecule has 0 bridgehead atoms. The summed E-state index contributed by atoms with van der Waals surface area (Å²) in [6.07, 6.45) is -7.67. The summed E-state index contributed by atoms with van der Waals surface area (Å²) in [4.78, 5) is 159. The fourth-order valence-electron chi connectivity index (χ4n) is 17.3. The number of aldehydes is 2. The van der Waals surface area contributed by atoms with E-state index in [1.807, 2.05) is 69.7 Å². The molecule has 8 unspecified atom stereocenters. The molecule has 0 aromatic carbocycles. The second-order valence-electron chi connectivity index (χ2n) is 38.6. The van der Waals surface area contributed by atoms with Crippen LogP contribution in [0.4, 0.5) is 24.0 Å². The second-order valence-corrected chi connectivity index (χ2v) is 38.6. The van der Waals surface area contributed by atoms with E-state index in [1.165, 1.54) is 30.6 Å². The zero-order chi connectivity index (χ0) is 89.2. The molecule has 0 spiro atoms. The molecule has 5 saturated heterocycles. The third-order valence-electron chi connectivity index (χ3n) is 22.9. The smallest absolute Gasteiger partial charge is 0.870 e. The van der Waals surface area contributed by atoms with Gasteiger partial charge < -0.3 is 107 Å². The zero-order valence-electron chi connectivity index (χ0n) is 77.9.